The van der Waals surface area contributed by atoms with Crippen molar-refractivity contribution in [2.75, 3.05) is 7.11 Å². The van der Waals surface area contributed by atoms with Crippen molar-refractivity contribution in [3.8, 4) is 17.2 Å². The van der Waals surface area contributed by atoms with Gasteiger partial charge in [0.1, 0.15) is 5.75 Å². The van der Waals surface area contributed by atoms with E-state index in [0.29, 0.717) is 22.6 Å². The standard InChI is InChI=1S/C16H15NO5/c1-8-5-13-15(16(20)17-8)10(7-14(19)22-13)9-3-4-12(21-2)11(18)6-9/h3-6,10,18H,7H2,1-2H3,(H,17,20)/t10-/m1/s1. The number of carbonyl (C=O) groups excluding carboxylic acids is 1. The number of fused-ring (bicyclic) bond motifs is 1. The van der Waals surface area contributed by atoms with Crippen molar-refractivity contribution in [1.29, 1.82) is 0 Å². The number of phenolic OH excluding ortho intramolecular Hbond substituents is 1. The summed E-state index contributed by atoms with van der Waals surface area (Å²) in [7, 11) is 1.45. The van der Waals surface area contributed by atoms with Crippen LogP contribution in [0.3, 0.4) is 0 Å². The first-order chi connectivity index (χ1) is 10.5. The summed E-state index contributed by atoms with van der Waals surface area (Å²) in [6.07, 6.45) is 0.0465. The number of H-pyrrole nitrogens is 1. The number of aromatic hydroxyl groups is 1. The Bertz CT molecular complexity index is 809. The number of ether oxygens (including phenoxy) is 2. The number of esters is 1. The van der Waals surface area contributed by atoms with E-state index < -0.39 is 11.9 Å². The van der Waals surface area contributed by atoms with E-state index in [1.807, 2.05) is 0 Å². The third-order valence-corrected chi connectivity index (χ3v) is 3.72. The number of aromatic amines is 1. The van der Waals surface area contributed by atoms with Crippen LogP contribution < -0.4 is 15.0 Å². The van der Waals surface area contributed by atoms with Gasteiger partial charge in [-0.15, -0.1) is 0 Å². The molecule has 6 heteroatoms. The summed E-state index contributed by atoms with van der Waals surface area (Å²) < 4.78 is 10.2. The second kappa shape index (κ2) is 5.22. The molecule has 0 saturated carbocycles. The van der Waals surface area contributed by atoms with E-state index in [1.165, 1.54) is 13.2 Å². The zero-order chi connectivity index (χ0) is 15.9. The summed E-state index contributed by atoms with van der Waals surface area (Å²) in [5.41, 5.74) is 1.39. The highest BCUT2D eigenvalue weighted by atomic mass is 16.5. The van der Waals surface area contributed by atoms with Gasteiger partial charge in [0.2, 0.25) is 0 Å². The molecule has 0 bridgehead atoms. The first-order valence-corrected chi connectivity index (χ1v) is 6.81. The molecule has 0 saturated heterocycles. The third kappa shape index (κ3) is 2.32. The van der Waals surface area contributed by atoms with Gasteiger partial charge in [0.15, 0.2) is 11.5 Å². The van der Waals surface area contributed by atoms with Gasteiger partial charge in [-0.25, -0.2) is 0 Å². The van der Waals surface area contributed by atoms with Crippen LogP contribution in [-0.2, 0) is 4.79 Å². The van der Waals surface area contributed by atoms with E-state index in [2.05, 4.69) is 4.98 Å². The molecule has 0 radical (unpaired) electrons. The number of aromatic nitrogens is 1. The summed E-state index contributed by atoms with van der Waals surface area (Å²) in [6.45, 7) is 1.72. The van der Waals surface area contributed by atoms with Crippen molar-refractivity contribution in [3.63, 3.8) is 0 Å². The average Bonchev–Trinajstić information content (AvgIpc) is 2.45. The smallest absolute Gasteiger partial charge is 0.312 e. The van der Waals surface area contributed by atoms with Gasteiger partial charge >= 0.3 is 5.97 Å². The predicted molar refractivity (Wildman–Crippen MR) is 78.6 cm³/mol. The first-order valence-electron chi connectivity index (χ1n) is 6.81. The van der Waals surface area contributed by atoms with Crippen molar-refractivity contribution in [3.05, 3.63) is 51.4 Å². The van der Waals surface area contributed by atoms with E-state index in [-0.39, 0.29) is 23.5 Å². The molecule has 6 nitrogen and oxygen atoms in total. The Morgan fingerprint density at radius 3 is 2.77 bits per heavy atom. The normalized spacial score (nSPS) is 16.8. The Hall–Kier alpha value is -2.76. The number of carbonyl (C=O) groups is 1. The molecule has 1 aromatic carbocycles. The summed E-state index contributed by atoms with van der Waals surface area (Å²) in [5, 5.41) is 9.92. The highest BCUT2D eigenvalue weighted by Crippen LogP contribution is 2.39. The van der Waals surface area contributed by atoms with Crippen molar-refractivity contribution >= 4 is 5.97 Å². The van der Waals surface area contributed by atoms with E-state index in [4.69, 9.17) is 9.47 Å². The molecule has 0 fully saturated rings. The van der Waals surface area contributed by atoms with E-state index >= 15 is 0 Å². The molecule has 0 aliphatic carbocycles. The lowest BCUT2D eigenvalue weighted by Gasteiger charge is -2.24. The Morgan fingerprint density at radius 1 is 1.32 bits per heavy atom. The average molecular weight is 301 g/mol. The molecular formula is C16H15NO5. The Kier molecular flexibility index (Phi) is 3.36. The first kappa shape index (κ1) is 14.2. The zero-order valence-corrected chi connectivity index (χ0v) is 12.2. The van der Waals surface area contributed by atoms with Crippen LogP contribution in [0.25, 0.3) is 0 Å². The minimum atomic E-state index is -0.461. The molecule has 2 aromatic rings. The van der Waals surface area contributed by atoms with Crippen molar-refractivity contribution in [2.24, 2.45) is 0 Å². The highest BCUT2D eigenvalue weighted by Gasteiger charge is 2.31. The fraction of sp³-hybridized carbons (Fsp3) is 0.250. The van der Waals surface area contributed by atoms with E-state index in [9.17, 15) is 14.7 Å². The van der Waals surface area contributed by atoms with E-state index in [0.717, 1.165) is 0 Å². The van der Waals surface area contributed by atoms with Crippen molar-refractivity contribution < 1.29 is 19.4 Å². The van der Waals surface area contributed by atoms with Crippen LogP contribution in [0.15, 0.2) is 29.1 Å². The molecule has 0 spiro atoms. The topological polar surface area (TPSA) is 88.6 Å². The Labute approximate surface area is 126 Å². The van der Waals surface area contributed by atoms with Crippen LogP contribution in [0, 0.1) is 6.92 Å². The largest absolute Gasteiger partial charge is 0.504 e. The van der Waals surface area contributed by atoms with Gasteiger partial charge in [-0.3, -0.25) is 9.59 Å². The fourth-order valence-electron chi connectivity index (χ4n) is 2.72. The minimum Gasteiger partial charge on any atom is -0.504 e. The Balaban J connectivity index is 2.15. The second-order valence-electron chi connectivity index (χ2n) is 5.22. The van der Waals surface area contributed by atoms with E-state index in [1.54, 1.807) is 25.1 Å². The molecule has 1 aliphatic heterocycles. The lowest BCUT2D eigenvalue weighted by atomic mass is 9.87. The molecule has 0 unspecified atom stereocenters. The number of aryl methyl sites for hydroxylation is 1. The monoisotopic (exact) mass is 301 g/mol. The quantitative estimate of drug-likeness (QED) is 0.826. The van der Waals surface area contributed by atoms with Crippen LogP contribution >= 0.6 is 0 Å². The van der Waals surface area contributed by atoms with Gasteiger partial charge in [-0.05, 0) is 24.6 Å². The SMILES string of the molecule is COc1ccc([C@H]2CC(=O)Oc3cc(C)[nH]c(=O)c32)cc1O. The van der Waals surface area contributed by atoms with Crippen LogP contribution in [0.1, 0.15) is 29.2 Å². The fourth-order valence-corrected chi connectivity index (χ4v) is 2.72. The molecule has 2 heterocycles. The van der Waals surface area contributed by atoms with Gasteiger partial charge in [-0.2, -0.15) is 0 Å². The van der Waals surface area contributed by atoms with Crippen LogP contribution in [0.4, 0.5) is 0 Å². The van der Waals surface area contributed by atoms with Crippen molar-refractivity contribution in [2.45, 2.75) is 19.3 Å². The summed E-state index contributed by atoms with van der Waals surface area (Å²) >= 11 is 0. The minimum absolute atomic E-state index is 0.0379. The molecule has 3 rings (SSSR count). The highest BCUT2D eigenvalue weighted by molar-refractivity contribution is 5.77. The lowest BCUT2D eigenvalue weighted by Crippen LogP contribution is -2.28. The Morgan fingerprint density at radius 2 is 2.09 bits per heavy atom. The number of pyridine rings is 1. The maximum Gasteiger partial charge on any atom is 0.312 e. The molecule has 0 amide bonds. The maximum atomic E-state index is 12.2. The number of hydrogen-bond acceptors (Lipinski definition) is 5. The number of phenols is 1. The third-order valence-electron chi connectivity index (χ3n) is 3.72. The lowest BCUT2D eigenvalue weighted by molar-refractivity contribution is -0.135. The molecule has 1 aromatic heterocycles. The predicted octanol–water partition coefficient (Wildman–Crippen LogP) is 1.84. The van der Waals surface area contributed by atoms with Gasteiger partial charge in [0, 0.05) is 17.7 Å². The van der Waals surface area contributed by atoms with Gasteiger partial charge in [0.25, 0.3) is 5.56 Å². The van der Waals surface area contributed by atoms with Gasteiger partial charge in [0.05, 0.1) is 19.1 Å². The van der Waals surface area contributed by atoms with Gasteiger partial charge < -0.3 is 19.6 Å². The number of nitrogens with one attached hydrogen (secondary N) is 1. The molecule has 1 aliphatic rings. The molecule has 1 atom stereocenters. The number of hydrogen-bond donors (Lipinski definition) is 2. The molecule has 2 N–H and O–H groups in total. The number of methoxy groups -OCH3 is 1. The van der Waals surface area contributed by atoms with Crippen molar-refractivity contribution in [1.82, 2.24) is 4.98 Å². The molecule has 114 valence electrons. The van der Waals surface area contributed by atoms with Gasteiger partial charge in [-0.1, -0.05) is 6.07 Å². The van der Waals surface area contributed by atoms with Crippen LogP contribution in [-0.4, -0.2) is 23.2 Å². The second-order valence-corrected chi connectivity index (χ2v) is 5.22. The summed E-state index contributed by atoms with van der Waals surface area (Å²) in [6, 6.07) is 6.47. The number of benzene rings is 1. The van der Waals surface area contributed by atoms with Crippen LogP contribution in [0.5, 0.6) is 17.2 Å². The zero-order valence-electron chi connectivity index (χ0n) is 12.2. The maximum absolute atomic E-state index is 12.2. The summed E-state index contributed by atoms with van der Waals surface area (Å²) in [5.74, 6) is -0.294. The molecule has 22 heavy (non-hydrogen) atoms. The van der Waals surface area contributed by atoms with Crippen LogP contribution in [0.2, 0.25) is 0 Å². The number of rotatable bonds is 2. The summed E-state index contributed by atoms with van der Waals surface area (Å²) in [4.78, 5) is 26.8. The molecular weight excluding hydrogens is 286 g/mol.